The molecule has 0 aliphatic heterocycles. The molecule has 0 aromatic carbocycles. The number of nitrogens with one attached hydrogen (secondary N) is 1. The van der Waals surface area contributed by atoms with Gasteiger partial charge in [-0.3, -0.25) is 10.1 Å². The fourth-order valence-electron chi connectivity index (χ4n) is 6.48. The molecule has 118 valence electrons. The first-order valence-electron chi connectivity index (χ1n) is 8.18. The first-order valence-corrected chi connectivity index (χ1v) is 8.18. The van der Waals surface area contributed by atoms with Crippen LogP contribution >= 0.6 is 0 Å². The molecular formula is C17H23N3O2. The van der Waals surface area contributed by atoms with E-state index in [0.717, 1.165) is 25.2 Å². The predicted molar refractivity (Wildman–Crippen MR) is 84.7 cm³/mol. The van der Waals surface area contributed by atoms with Crippen LogP contribution in [-0.4, -0.2) is 15.4 Å². The highest BCUT2D eigenvalue weighted by Gasteiger charge is 2.60. The molecule has 4 fully saturated rings. The summed E-state index contributed by atoms with van der Waals surface area (Å²) in [5.74, 6) is 1.20. The maximum absolute atomic E-state index is 11.3. The molecule has 0 radical (unpaired) electrons. The Morgan fingerprint density at radius 2 is 1.91 bits per heavy atom. The zero-order valence-corrected chi connectivity index (χ0v) is 13.3. The molecule has 5 rings (SSSR count). The first-order chi connectivity index (χ1) is 10.3. The summed E-state index contributed by atoms with van der Waals surface area (Å²) in [7, 11) is 0. The van der Waals surface area contributed by atoms with Gasteiger partial charge in [0, 0.05) is 17.8 Å². The lowest BCUT2D eigenvalue weighted by atomic mass is 9.43. The van der Waals surface area contributed by atoms with Gasteiger partial charge in [0.05, 0.1) is 4.92 Å². The lowest BCUT2D eigenvalue weighted by molar-refractivity contribution is -0.384. The van der Waals surface area contributed by atoms with E-state index in [2.05, 4.69) is 24.1 Å². The van der Waals surface area contributed by atoms with Gasteiger partial charge in [-0.2, -0.15) is 0 Å². The topological polar surface area (TPSA) is 68.1 Å². The Kier molecular flexibility index (Phi) is 2.67. The van der Waals surface area contributed by atoms with Crippen molar-refractivity contribution in [1.82, 2.24) is 4.98 Å². The molecule has 4 saturated carbocycles. The molecule has 5 nitrogen and oxygen atoms in total. The normalized spacial score (nSPS) is 42.4. The summed E-state index contributed by atoms with van der Waals surface area (Å²) >= 11 is 0. The molecule has 0 amide bonds. The Balaban J connectivity index is 1.70. The van der Waals surface area contributed by atoms with Crippen molar-refractivity contribution < 1.29 is 4.92 Å². The summed E-state index contributed by atoms with van der Waals surface area (Å²) in [6.45, 7) is 4.80. The van der Waals surface area contributed by atoms with Gasteiger partial charge in [0.15, 0.2) is 0 Å². The molecule has 1 aromatic rings. The monoisotopic (exact) mass is 301 g/mol. The molecule has 1 N–H and O–H groups in total. The Morgan fingerprint density at radius 1 is 1.23 bits per heavy atom. The third kappa shape index (κ3) is 2.09. The van der Waals surface area contributed by atoms with Gasteiger partial charge in [-0.05, 0) is 61.3 Å². The number of nitrogens with zero attached hydrogens (tertiary/aromatic N) is 2. The van der Waals surface area contributed by atoms with Crippen LogP contribution in [0.2, 0.25) is 0 Å². The van der Waals surface area contributed by atoms with Gasteiger partial charge < -0.3 is 5.32 Å². The van der Waals surface area contributed by atoms with Gasteiger partial charge >= 0.3 is 5.69 Å². The number of aromatic nitrogens is 1. The van der Waals surface area contributed by atoms with Gasteiger partial charge in [0.2, 0.25) is 5.82 Å². The molecule has 1 heterocycles. The molecule has 2 atom stereocenters. The zero-order valence-electron chi connectivity index (χ0n) is 13.3. The van der Waals surface area contributed by atoms with E-state index in [1.807, 2.05) is 0 Å². The van der Waals surface area contributed by atoms with E-state index in [1.54, 1.807) is 18.3 Å². The minimum absolute atomic E-state index is 0.0119. The molecular weight excluding hydrogens is 278 g/mol. The number of pyridine rings is 1. The maximum atomic E-state index is 11.3. The average Bonchev–Trinajstić information content (AvgIpc) is 2.33. The summed E-state index contributed by atoms with van der Waals surface area (Å²) < 4.78 is 0. The predicted octanol–water partition coefficient (Wildman–Crippen LogP) is 4.15. The smallest absolute Gasteiger partial charge is 0.311 e. The van der Waals surface area contributed by atoms with Crippen LogP contribution in [0.5, 0.6) is 0 Å². The van der Waals surface area contributed by atoms with E-state index in [1.165, 1.54) is 19.3 Å². The number of hydrogen-bond acceptors (Lipinski definition) is 4. The van der Waals surface area contributed by atoms with Crippen molar-refractivity contribution >= 4 is 11.5 Å². The van der Waals surface area contributed by atoms with E-state index in [4.69, 9.17) is 0 Å². The third-order valence-corrected chi connectivity index (χ3v) is 5.99. The van der Waals surface area contributed by atoms with Crippen LogP contribution in [0.1, 0.15) is 52.4 Å². The minimum Gasteiger partial charge on any atom is -0.359 e. The van der Waals surface area contributed by atoms with Crippen molar-refractivity contribution in [2.24, 2.45) is 16.7 Å². The molecule has 0 spiro atoms. The number of anilines is 1. The number of rotatable bonds is 3. The van der Waals surface area contributed by atoms with Crippen LogP contribution in [-0.2, 0) is 0 Å². The molecule has 4 aliphatic rings. The highest BCUT2D eigenvalue weighted by atomic mass is 16.6. The molecule has 1 aromatic heterocycles. The van der Waals surface area contributed by atoms with Gasteiger partial charge in [-0.1, -0.05) is 13.8 Å². The van der Waals surface area contributed by atoms with E-state index in [9.17, 15) is 10.1 Å². The van der Waals surface area contributed by atoms with Crippen molar-refractivity contribution in [3.05, 3.63) is 28.4 Å². The minimum atomic E-state index is -0.334. The standard InChI is InChI=1S/C17H23N3O2/c1-15-6-12-7-16(2,9-15)11-17(8-12,10-15)19-14-13(20(21)22)4-3-5-18-14/h3-5,12H,6-11H2,1-2H3,(H,18,19)/t12?,15-,16-,17?/m1/s1. The van der Waals surface area contributed by atoms with Gasteiger partial charge in [0.25, 0.3) is 0 Å². The van der Waals surface area contributed by atoms with Crippen LogP contribution in [0.3, 0.4) is 0 Å². The second-order valence-corrected chi connectivity index (χ2v) is 8.66. The molecule has 0 unspecified atom stereocenters. The van der Waals surface area contributed by atoms with Gasteiger partial charge in [0.1, 0.15) is 0 Å². The fourth-order valence-corrected chi connectivity index (χ4v) is 6.48. The second kappa shape index (κ2) is 4.21. The van der Waals surface area contributed by atoms with Gasteiger partial charge in [-0.25, -0.2) is 4.98 Å². The van der Waals surface area contributed by atoms with Crippen LogP contribution in [0, 0.1) is 26.9 Å². The first kappa shape index (κ1) is 14.0. The van der Waals surface area contributed by atoms with Crippen molar-refractivity contribution in [2.75, 3.05) is 5.32 Å². The van der Waals surface area contributed by atoms with Crippen molar-refractivity contribution in [2.45, 2.75) is 57.9 Å². The number of nitro groups is 1. The second-order valence-electron chi connectivity index (χ2n) is 8.66. The van der Waals surface area contributed by atoms with Crippen LogP contribution in [0.4, 0.5) is 11.5 Å². The molecule has 4 aliphatic carbocycles. The Bertz CT molecular complexity index is 627. The molecule has 22 heavy (non-hydrogen) atoms. The van der Waals surface area contributed by atoms with Crippen molar-refractivity contribution in [3.8, 4) is 0 Å². The van der Waals surface area contributed by atoms with Crippen LogP contribution in [0.15, 0.2) is 18.3 Å². The van der Waals surface area contributed by atoms with Crippen molar-refractivity contribution in [1.29, 1.82) is 0 Å². The summed E-state index contributed by atoms with van der Waals surface area (Å²) in [5, 5.41) is 14.8. The highest BCUT2D eigenvalue weighted by Crippen LogP contribution is 2.66. The SMILES string of the molecule is C[C@]12CC3CC(Nc4ncccc4[N+](=O)[O-])(C1)C[C@](C)(C3)C2. The average molecular weight is 301 g/mol. The van der Waals surface area contributed by atoms with E-state index in [-0.39, 0.29) is 16.1 Å². The van der Waals surface area contributed by atoms with E-state index < -0.39 is 0 Å². The van der Waals surface area contributed by atoms with Crippen LogP contribution in [0.25, 0.3) is 0 Å². The Hall–Kier alpha value is -1.65. The lowest BCUT2D eigenvalue weighted by Crippen LogP contribution is -2.61. The van der Waals surface area contributed by atoms with E-state index in [0.29, 0.717) is 16.6 Å². The molecule has 0 saturated heterocycles. The third-order valence-electron chi connectivity index (χ3n) is 5.99. The fraction of sp³-hybridized carbons (Fsp3) is 0.706. The largest absolute Gasteiger partial charge is 0.359 e. The highest BCUT2D eigenvalue weighted by molar-refractivity contribution is 5.57. The van der Waals surface area contributed by atoms with Crippen molar-refractivity contribution in [3.63, 3.8) is 0 Å². The summed E-state index contributed by atoms with van der Waals surface area (Å²) in [6.07, 6.45) is 8.92. The van der Waals surface area contributed by atoms with Crippen LogP contribution < -0.4 is 5.32 Å². The zero-order chi connectivity index (χ0) is 15.6. The summed E-state index contributed by atoms with van der Waals surface area (Å²) in [4.78, 5) is 15.2. The van der Waals surface area contributed by atoms with E-state index >= 15 is 0 Å². The summed E-state index contributed by atoms with van der Waals surface area (Å²) in [5.41, 5.74) is 0.839. The Labute approximate surface area is 130 Å². The lowest BCUT2D eigenvalue weighted by Gasteiger charge is -2.65. The summed E-state index contributed by atoms with van der Waals surface area (Å²) in [6, 6.07) is 3.17. The quantitative estimate of drug-likeness (QED) is 0.672. The molecule has 4 bridgehead atoms. The maximum Gasteiger partial charge on any atom is 0.311 e. The Morgan fingerprint density at radius 3 is 2.50 bits per heavy atom. The number of hydrogen-bond donors (Lipinski definition) is 1. The van der Waals surface area contributed by atoms with Gasteiger partial charge in [-0.15, -0.1) is 0 Å². The molecule has 5 heteroatoms.